The molecule has 1 fully saturated rings. The summed E-state index contributed by atoms with van der Waals surface area (Å²) in [5.41, 5.74) is 0.0316. The minimum absolute atomic E-state index is 0.0316. The van der Waals surface area contributed by atoms with Crippen molar-refractivity contribution < 1.29 is 19.1 Å². The van der Waals surface area contributed by atoms with Gasteiger partial charge in [0.2, 0.25) is 0 Å². The van der Waals surface area contributed by atoms with Gasteiger partial charge in [0.1, 0.15) is 5.82 Å². The molecule has 1 heterocycles. The molecule has 1 atom stereocenters. The van der Waals surface area contributed by atoms with Crippen molar-refractivity contribution in [1.82, 2.24) is 4.90 Å². The van der Waals surface area contributed by atoms with E-state index < -0.39 is 23.6 Å². The van der Waals surface area contributed by atoms with E-state index in [0.717, 1.165) is 0 Å². The zero-order valence-corrected chi connectivity index (χ0v) is 11.6. The molecule has 1 aromatic carbocycles. The predicted molar refractivity (Wildman–Crippen MR) is 70.8 cm³/mol. The van der Waals surface area contributed by atoms with Crippen LogP contribution in [0.1, 0.15) is 16.8 Å². The molecule has 2 rings (SSSR count). The quantitative estimate of drug-likeness (QED) is 0.818. The molecule has 6 heteroatoms. The number of carboxylic acid groups (broad SMARTS) is 1. The summed E-state index contributed by atoms with van der Waals surface area (Å²) in [4.78, 5) is 24.4. The summed E-state index contributed by atoms with van der Waals surface area (Å²) < 4.78 is 14.2. The lowest BCUT2D eigenvalue weighted by molar-refractivity contribution is -0.141. The summed E-state index contributed by atoms with van der Waals surface area (Å²) in [6, 6.07) is 4.43. The van der Waals surface area contributed by atoms with Gasteiger partial charge in [-0.15, -0.1) is 0 Å². The Labute approximate surface area is 117 Å². The Kier molecular flexibility index (Phi) is 3.84. The molecule has 1 unspecified atom stereocenters. The third-order valence-corrected chi connectivity index (χ3v) is 3.90. The van der Waals surface area contributed by atoms with Crippen LogP contribution in [0, 0.1) is 15.3 Å². The molecule has 1 N–H and O–H groups in total. The average molecular weight is 363 g/mol. The zero-order chi connectivity index (χ0) is 13.3. The summed E-state index contributed by atoms with van der Waals surface area (Å²) in [6.07, 6.45) is 0.423. The molecular weight excluding hydrogens is 352 g/mol. The number of likely N-dealkylation sites (tertiary alicyclic amines) is 1. The van der Waals surface area contributed by atoms with E-state index in [9.17, 15) is 14.0 Å². The normalized spacial score (nSPS) is 19.0. The fourth-order valence-corrected chi connectivity index (χ4v) is 2.70. The van der Waals surface area contributed by atoms with Crippen LogP contribution in [0.3, 0.4) is 0 Å². The van der Waals surface area contributed by atoms with Crippen LogP contribution in [0.5, 0.6) is 0 Å². The van der Waals surface area contributed by atoms with E-state index in [-0.39, 0.29) is 12.1 Å². The Hall–Kier alpha value is -1.18. The van der Waals surface area contributed by atoms with Crippen molar-refractivity contribution in [3.05, 3.63) is 33.1 Å². The van der Waals surface area contributed by atoms with Gasteiger partial charge in [0.15, 0.2) is 0 Å². The van der Waals surface area contributed by atoms with Crippen molar-refractivity contribution >= 4 is 34.5 Å². The van der Waals surface area contributed by atoms with E-state index in [2.05, 4.69) is 0 Å². The number of rotatable bonds is 2. The van der Waals surface area contributed by atoms with Crippen molar-refractivity contribution in [2.24, 2.45) is 5.92 Å². The number of aliphatic carboxylic acids is 1. The lowest BCUT2D eigenvalue weighted by atomic mass is 10.1. The topological polar surface area (TPSA) is 57.6 Å². The van der Waals surface area contributed by atoms with Crippen LogP contribution < -0.4 is 0 Å². The first-order valence-corrected chi connectivity index (χ1v) is 6.54. The molecule has 0 aliphatic carbocycles. The molecule has 0 radical (unpaired) electrons. The number of nitrogens with zero attached hydrogens (tertiary/aromatic N) is 1. The third-order valence-electron chi connectivity index (χ3n) is 3.00. The molecule has 1 saturated heterocycles. The van der Waals surface area contributed by atoms with E-state index in [4.69, 9.17) is 5.11 Å². The SMILES string of the molecule is O=C(O)C1CCN(C(=O)c2c(F)cccc2I)C1. The van der Waals surface area contributed by atoms with E-state index in [1.165, 1.54) is 17.0 Å². The van der Waals surface area contributed by atoms with Crippen LogP contribution in [-0.4, -0.2) is 35.0 Å². The second-order valence-electron chi connectivity index (χ2n) is 4.17. The van der Waals surface area contributed by atoms with Gasteiger partial charge in [-0.05, 0) is 41.1 Å². The maximum atomic E-state index is 13.6. The Bertz CT molecular complexity index is 486. The second kappa shape index (κ2) is 5.21. The highest BCUT2D eigenvalue weighted by atomic mass is 127. The van der Waals surface area contributed by atoms with Gasteiger partial charge in [-0.3, -0.25) is 9.59 Å². The summed E-state index contributed by atoms with van der Waals surface area (Å²) in [7, 11) is 0. The lowest BCUT2D eigenvalue weighted by Crippen LogP contribution is -2.31. The molecule has 1 aliphatic heterocycles. The van der Waals surface area contributed by atoms with E-state index in [0.29, 0.717) is 16.5 Å². The van der Waals surface area contributed by atoms with Crippen molar-refractivity contribution in [3.8, 4) is 0 Å². The number of hydrogen-bond acceptors (Lipinski definition) is 2. The largest absolute Gasteiger partial charge is 0.481 e. The monoisotopic (exact) mass is 363 g/mol. The molecule has 1 amide bonds. The molecular formula is C12H11FINO3. The van der Waals surface area contributed by atoms with Crippen LogP contribution >= 0.6 is 22.6 Å². The van der Waals surface area contributed by atoms with E-state index in [1.54, 1.807) is 6.07 Å². The number of carbonyl (C=O) groups excluding carboxylic acids is 1. The number of hydrogen-bond donors (Lipinski definition) is 1. The van der Waals surface area contributed by atoms with Gasteiger partial charge in [0, 0.05) is 16.7 Å². The molecule has 18 heavy (non-hydrogen) atoms. The first-order valence-electron chi connectivity index (χ1n) is 5.47. The number of carboxylic acids is 1. The van der Waals surface area contributed by atoms with E-state index in [1.807, 2.05) is 22.6 Å². The highest BCUT2D eigenvalue weighted by molar-refractivity contribution is 14.1. The molecule has 0 saturated carbocycles. The third kappa shape index (κ3) is 2.47. The van der Waals surface area contributed by atoms with Gasteiger partial charge in [-0.25, -0.2) is 4.39 Å². The highest BCUT2D eigenvalue weighted by Gasteiger charge is 2.32. The maximum absolute atomic E-state index is 13.6. The molecule has 0 bridgehead atoms. The predicted octanol–water partition coefficient (Wildman–Crippen LogP) is 1.98. The molecule has 0 aromatic heterocycles. The van der Waals surface area contributed by atoms with Crippen LogP contribution in [0.25, 0.3) is 0 Å². The van der Waals surface area contributed by atoms with Gasteiger partial charge in [-0.2, -0.15) is 0 Å². The summed E-state index contributed by atoms with van der Waals surface area (Å²) in [5, 5.41) is 8.88. The average Bonchev–Trinajstić information content (AvgIpc) is 2.77. The Balaban J connectivity index is 2.21. The van der Waals surface area contributed by atoms with Crippen molar-refractivity contribution in [3.63, 3.8) is 0 Å². The molecule has 4 nitrogen and oxygen atoms in total. The highest BCUT2D eigenvalue weighted by Crippen LogP contribution is 2.23. The summed E-state index contributed by atoms with van der Waals surface area (Å²) >= 11 is 1.90. The second-order valence-corrected chi connectivity index (χ2v) is 5.33. The van der Waals surface area contributed by atoms with Crippen LogP contribution in [0.2, 0.25) is 0 Å². The number of halogens is 2. The van der Waals surface area contributed by atoms with Crippen LogP contribution in [-0.2, 0) is 4.79 Å². The first kappa shape index (κ1) is 13.3. The fourth-order valence-electron chi connectivity index (χ4n) is 2.01. The van der Waals surface area contributed by atoms with Gasteiger partial charge >= 0.3 is 5.97 Å². The number of benzene rings is 1. The molecule has 1 aromatic rings. The van der Waals surface area contributed by atoms with Crippen LogP contribution in [0.4, 0.5) is 4.39 Å². The first-order chi connectivity index (χ1) is 8.50. The van der Waals surface area contributed by atoms with Crippen molar-refractivity contribution in [1.29, 1.82) is 0 Å². The van der Waals surface area contributed by atoms with Gasteiger partial charge < -0.3 is 10.0 Å². The minimum atomic E-state index is -0.909. The van der Waals surface area contributed by atoms with Crippen molar-refractivity contribution in [2.75, 3.05) is 13.1 Å². The summed E-state index contributed by atoms with van der Waals surface area (Å²) in [6.45, 7) is 0.513. The van der Waals surface area contributed by atoms with Gasteiger partial charge in [0.05, 0.1) is 11.5 Å². The number of amides is 1. The van der Waals surface area contributed by atoms with Crippen molar-refractivity contribution in [2.45, 2.75) is 6.42 Å². The zero-order valence-electron chi connectivity index (χ0n) is 9.40. The standard InChI is InChI=1S/C12H11FINO3/c13-8-2-1-3-9(14)10(8)11(16)15-5-4-7(6-15)12(17)18/h1-3,7H,4-6H2,(H,17,18). The molecule has 0 spiro atoms. The van der Waals surface area contributed by atoms with E-state index >= 15 is 0 Å². The van der Waals surface area contributed by atoms with Gasteiger partial charge in [-0.1, -0.05) is 6.07 Å². The lowest BCUT2D eigenvalue weighted by Gasteiger charge is -2.17. The number of carbonyl (C=O) groups is 2. The maximum Gasteiger partial charge on any atom is 0.308 e. The fraction of sp³-hybridized carbons (Fsp3) is 0.333. The smallest absolute Gasteiger partial charge is 0.308 e. The minimum Gasteiger partial charge on any atom is -0.481 e. The molecule has 1 aliphatic rings. The Morgan fingerprint density at radius 1 is 1.44 bits per heavy atom. The van der Waals surface area contributed by atoms with Gasteiger partial charge in [0.25, 0.3) is 5.91 Å². The summed E-state index contributed by atoms with van der Waals surface area (Å²) in [5.74, 6) is -2.45. The van der Waals surface area contributed by atoms with Crippen LogP contribution in [0.15, 0.2) is 18.2 Å². The molecule has 96 valence electrons. The Morgan fingerprint density at radius 3 is 2.72 bits per heavy atom. The Morgan fingerprint density at radius 2 is 2.17 bits per heavy atom.